The second kappa shape index (κ2) is 10.2. The number of sulfonamides is 1. The Morgan fingerprint density at radius 3 is 2.64 bits per heavy atom. The van der Waals surface area contributed by atoms with Crippen LogP contribution in [0.2, 0.25) is 0 Å². The van der Waals surface area contributed by atoms with Crippen LogP contribution in [0, 0.1) is 6.92 Å². The van der Waals surface area contributed by atoms with E-state index in [9.17, 15) is 8.42 Å². The van der Waals surface area contributed by atoms with Gasteiger partial charge in [-0.05, 0) is 12.5 Å². The first-order valence-corrected chi connectivity index (χ1v) is 10.4. The van der Waals surface area contributed by atoms with E-state index in [1.165, 1.54) is 10.6 Å². The van der Waals surface area contributed by atoms with Gasteiger partial charge >= 0.3 is 0 Å². The number of nitrogens with zero attached hydrogens (tertiary/aromatic N) is 6. The van der Waals surface area contributed by atoms with E-state index in [1.807, 2.05) is 24.0 Å². The molecule has 0 radical (unpaired) electrons. The second-order valence-corrected chi connectivity index (χ2v) is 8.36. The molecule has 0 saturated carbocycles. The Morgan fingerprint density at radius 1 is 1.32 bits per heavy atom. The number of aromatic nitrogens is 3. The van der Waals surface area contributed by atoms with Crippen LogP contribution in [0.25, 0.3) is 0 Å². The Labute approximate surface area is 182 Å². The van der Waals surface area contributed by atoms with Gasteiger partial charge in [-0.25, -0.2) is 8.42 Å². The Balaban J connectivity index is 0.00000280. The number of aryl methyl sites for hydroxylation is 1. The molecule has 0 spiro atoms. The SMILES string of the molecule is CN=C(NCCn1cc(C)cn1)N1CCN(S(=O)(=O)Cc2ccon2)CC1.I. The summed E-state index contributed by atoms with van der Waals surface area (Å²) in [5.74, 6) is 0.632. The number of halogens is 1. The molecule has 1 aliphatic heterocycles. The summed E-state index contributed by atoms with van der Waals surface area (Å²) in [5, 5.41) is 11.3. The predicted molar refractivity (Wildman–Crippen MR) is 116 cm³/mol. The topological polar surface area (TPSA) is 109 Å². The molecule has 0 bridgehead atoms. The number of guanidine groups is 1. The van der Waals surface area contributed by atoms with E-state index in [2.05, 4.69) is 25.5 Å². The monoisotopic (exact) mass is 523 g/mol. The van der Waals surface area contributed by atoms with Gasteiger partial charge in [-0.1, -0.05) is 5.16 Å². The quantitative estimate of drug-likeness (QED) is 0.334. The van der Waals surface area contributed by atoms with E-state index in [-0.39, 0.29) is 29.7 Å². The molecule has 0 aromatic carbocycles. The highest BCUT2D eigenvalue weighted by Crippen LogP contribution is 2.12. The van der Waals surface area contributed by atoms with Gasteiger partial charge in [0.05, 0.1) is 18.4 Å². The molecule has 3 heterocycles. The van der Waals surface area contributed by atoms with E-state index in [0.29, 0.717) is 38.4 Å². The van der Waals surface area contributed by atoms with E-state index in [0.717, 1.165) is 18.1 Å². The minimum absolute atomic E-state index is 0. The summed E-state index contributed by atoms with van der Waals surface area (Å²) in [7, 11) is -1.67. The molecule has 1 aliphatic rings. The maximum absolute atomic E-state index is 12.5. The highest BCUT2D eigenvalue weighted by Gasteiger charge is 2.28. The Morgan fingerprint density at radius 2 is 2.07 bits per heavy atom. The molecule has 10 nitrogen and oxygen atoms in total. The van der Waals surface area contributed by atoms with Gasteiger partial charge in [0.25, 0.3) is 0 Å². The van der Waals surface area contributed by atoms with E-state index >= 15 is 0 Å². The van der Waals surface area contributed by atoms with Crippen molar-refractivity contribution < 1.29 is 12.9 Å². The maximum atomic E-state index is 12.5. The Kier molecular flexibility index (Phi) is 8.24. The van der Waals surface area contributed by atoms with Crippen molar-refractivity contribution >= 4 is 40.0 Å². The Bertz CT molecular complexity index is 859. The molecule has 1 saturated heterocycles. The lowest BCUT2D eigenvalue weighted by molar-refractivity contribution is 0.259. The minimum atomic E-state index is -3.40. The molecule has 0 amide bonds. The van der Waals surface area contributed by atoms with Crippen LogP contribution in [0.15, 0.2) is 34.2 Å². The molecule has 12 heteroatoms. The van der Waals surface area contributed by atoms with Crippen molar-refractivity contribution in [1.82, 2.24) is 29.5 Å². The fourth-order valence-corrected chi connectivity index (χ4v) is 4.40. The highest BCUT2D eigenvalue weighted by atomic mass is 127. The van der Waals surface area contributed by atoms with Gasteiger partial charge in [-0.2, -0.15) is 9.40 Å². The van der Waals surface area contributed by atoms with Crippen LogP contribution in [0.3, 0.4) is 0 Å². The molecule has 0 atom stereocenters. The number of piperazine rings is 1. The van der Waals surface area contributed by atoms with Crippen LogP contribution in [0.1, 0.15) is 11.3 Å². The summed E-state index contributed by atoms with van der Waals surface area (Å²) in [6.07, 6.45) is 5.19. The molecular weight excluding hydrogens is 497 g/mol. The van der Waals surface area contributed by atoms with Gasteiger partial charge in [-0.3, -0.25) is 9.67 Å². The third-order valence-electron chi connectivity index (χ3n) is 4.35. The third-order valence-corrected chi connectivity index (χ3v) is 6.16. The smallest absolute Gasteiger partial charge is 0.220 e. The first-order valence-electron chi connectivity index (χ1n) is 8.79. The van der Waals surface area contributed by atoms with Crippen molar-refractivity contribution in [3.63, 3.8) is 0 Å². The number of rotatable bonds is 6. The summed E-state index contributed by atoms with van der Waals surface area (Å²) in [4.78, 5) is 6.37. The summed E-state index contributed by atoms with van der Waals surface area (Å²) >= 11 is 0. The first kappa shape index (κ1) is 22.6. The average molecular weight is 523 g/mol. The average Bonchev–Trinajstić information content (AvgIpc) is 3.30. The molecule has 0 unspecified atom stereocenters. The second-order valence-electron chi connectivity index (χ2n) is 6.39. The van der Waals surface area contributed by atoms with Gasteiger partial charge in [0.2, 0.25) is 10.0 Å². The minimum Gasteiger partial charge on any atom is -0.364 e. The third kappa shape index (κ3) is 5.91. The number of hydrogen-bond acceptors (Lipinski definition) is 6. The molecule has 1 N–H and O–H groups in total. The Hall–Kier alpha value is -1.67. The molecule has 2 aromatic heterocycles. The van der Waals surface area contributed by atoms with Crippen LogP contribution in [0.5, 0.6) is 0 Å². The van der Waals surface area contributed by atoms with Crippen molar-refractivity contribution in [1.29, 1.82) is 0 Å². The lowest BCUT2D eigenvalue weighted by Gasteiger charge is -2.35. The van der Waals surface area contributed by atoms with Crippen molar-refractivity contribution in [2.45, 2.75) is 19.2 Å². The molecule has 3 rings (SSSR count). The molecule has 1 fully saturated rings. The molecular formula is C16H26IN7O3S. The van der Waals surface area contributed by atoms with E-state index in [1.54, 1.807) is 13.1 Å². The fourth-order valence-electron chi connectivity index (χ4n) is 2.97. The lowest BCUT2D eigenvalue weighted by Crippen LogP contribution is -2.54. The van der Waals surface area contributed by atoms with Gasteiger partial charge in [0.1, 0.15) is 12.0 Å². The van der Waals surface area contributed by atoms with Crippen molar-refractivity contribution in [2.24, 2.45) is 4.99 Å². The zero-order valence-electron chi connectivity index (χ0n) is 16.0. The summed E-state index contributed by atoms with van der Waals surface area (Å²) in [6, 6.07) is 1.57. The normalized spacial score (nSPS) is 16.1. The van der Waals surface area contributed by atoms with Crippen LogP contribution in [0.4, 0.5) is 0 Å². The van der Waals surface area contributed by atoms with Crippen LogP contribution < -0.4 is 5.32 Å². The van der Waals surface area contributed by atoms with E-state index in [4.69, 9.17) is 4.52 Å². The van der Waals surface area contributed by atoms with E-state index < -0.39 is 10.0 Å². The highest BCUT2D eigenvalue weighted by molar-refractivity contribution is 14.0. The number of hydrogen-bond donors (Lipinski definition) is 1. The zero-order valence-corrected chi connectivity index (χ0v) is 19.1. The van der Waals surface area contributed by atoms with Gasteiger partial charge in [0, 0.05) is 52.0 Å². The van der Waals surface area contributed by atoms with Crippen molar-refractivity contribution in [2.75, 3.05) is 39.8 Å². The first-order chi connectivity index (χ1) is 13.0. The van der Waals surface area contributed by atoms with Gasteiger partial charge < -0.3 is 14.7 Å². The van der Waals surface area contributed by atoms with Gasteiger partial charge in [0.15, 0.2) is 5.96 Å². The van der Waals surface area contributed by atoms with Crippen molar-refractivity contribution in [3.8, 4) is 0 Å². The van der Waals surface area contributed by atoms with Crippen molar-refractivity contribution in [3.05, 3.63) is 36.0 Å². The molecule has 28 heavy (non-hydrogen) atoms. The van der Waals surface area contributed by atoms with Crippen LogP contribution >= 0.6 is 24.0 Å². The molecule has 156 valence electrons. The largest absolute Gasteiger partial charge is 0.364 e. The summed E-state index contributed by atoms with van der Waals surface area (Å²) in [6.45, 7) is 5.43. The fraction of sp³-hybridized carbons (Fsp3) is 0.562. The number of nitrogens with one attached hydrogen (secondary N) is 1. The lowest BCUT2D eigenvalue weighted by atomic mass is 10.4. The standard InChI is InChI=1S/C16H25N7O3S.HI/c1-14-11-19-22(12-14)5-4-18-16(17-2)21-6-8-23(9-7-21)27(24,25)13-15-3-10-26-20-15;/h3,10-12H,4-9,13H2,1-2H3,(H,17,18);1H. The summed E-state index contributed by atoms with van der Waals surface area (Å²) in [5.41, 5.74) is 1.55. The predicted octanol–water partition coefficient (Wildman–Crippen LogP) is 0.521. The zero-order chi connectivity index (χ0) is 19.3. The molecule has 2 aromatic rings. The van der Waals surface area contributed by atoms with Crippen LogP contribution in [-0.2, 0) is 22.3 Å². The van der Waals surface area contributed by atoms with Crippen LogP contribution in [-0.4, -0.2) is 78.3 Å². The molecule has 0 aliphatic carbocycles. The number of aliphatic imine (C=N–C) groups is 1. The summed E-state index contributed by atoms with van der Waals surface area (Å²) < 4.78 is 33.1. The maximum Gasteiger partial charge on any atom is 0.220 e. The van der Waals surface area contributed by atoms with Gasteiger partial charge in [-0.15, -0.1) is 24.0 Å².